The molecule has 0 heterocycles. The van der Waals surface area contributed by atoms with Crippen LogP contribution < -0.4 is 0 Å². The number of hydrogen-bond donors (Lipinski definition) is 1. The molecule has 1 aliphatic rings. The van der Waals surface area contributed by atoms with E-state index >= 15 is 0 Å². The Balaban J connectivity index is 2.24. The van der Waals surface area contributed by atoms with Gasteiger partial charge in [0.25, 0.3) is 0 Å². The van der Waals surface area contributed by atoms with Crippen LogP contribution in [0.2, 0.25) is 0 Å². The summed E-state index contributed by atoms with van der Waals surface area (Å²) in [6.45, 7) is 3.57. The summed E-state index contributed by atoms with van der Waals surface area (Å²) in [6.07, 6.45) is 9.00. The van der Waals surface area contributed by atoms with Gasteiger partial charge in [0.05, 0.1) is 6.10 Å². The number of hydrogen-bond acceptors (Lipinski definition) is 4. The minimum atomic E-state index is -0.490. The van der Waals surface area contributed by atoms with Crippen molar-refractivity contribution in [3.63, 3.8) is 0 Å². The van der Waals surface area contributed by atoms with E-state index in [-0.39, 0.29) is 11.8 Å². The molecule has 4 heteroatoms. The summed E-state index contributed by atoms with van der Waals surface area (Å²) in [5, 5.41) is 11.9. The predicted octanol–water partition coefficient (Wildman–Crippen LogP) is 3.52. The minimum absolute atomic E-state index is 0.152. The predicted molar refractivity (Wildman–Crippen MR) is 70.9 cm³/mol. The first kappa shape index (κ1) is 15.0. The van der Waals surface area contributed by atoms with Gasteiger partial charge in [-0.05, 0) is 26.2 Å². The van der Waals surface area contributed by atoms with Crippen molar-refractivity contribution in [2.75, 3.05) is 0 Å². The van der Waals surface area contributed by atoms with E-state index in [4.69, 9.17) is 9.94 Å². The highest BCUT2D eigenvalue weighted by Gasteiger charge is 2.17. The maximum Gasteiger partial charge on any atom is 0.356 e. The summed E-state index contributed by atoms with van der Waals surface area (Å²) < 4.78 is 5.02. The molecule has 0 aromatic carbocycles. The lowest BCUT2D eigenvalue weighted by molar-refractivity contribution is -0.139. The molecule has 0 aromatic rings. The first-order valence-electron chi connectivity index (χ1n) is 7.05. The van der Waals surface area contributed by atoms with Gasteiger partial charge in [-0.3, -0.25) is 0 Å². The molecule has 1 N–H and O–H groups in total. The largest absolute Gasteiger partial charge is 0.458 e. The highest BCUT2D eigenvalue weighted by atomic mass is 16.5. The maximum atomic E-state index is 11.6. The molecule has 0 radical (unpaired) electrons. The molecule has 0 aliphatic heterocycles. The van der Waals surface area contributed by atoms with Gasteiger partial charge in [-0.15, -0.1) is 0 Å². The molecule has 0 atom stereocenters. The molecule has 0 amide bonds. The van der Waals surface area contributed by atoms with E-state index < -0.39 is 5.97 Å². The number of oxime groups is 1. The zero-order chi connectivity index (χ0) is 13.4. The highest BCUT2D eigenvalue weighted by Crippen LogP contribution is 2.27. The zero-order valence-corrected chi connectivity index (χ0v) is 11.5. The van der Waals surface area contributed by atoms with E-state index in [2.05, 4.69) is 5.16 Å². The normalized spacial score (nSPS) is 18.1. The number of ether oxygens (including phenoxy) is 1. The second kappa shape index (κ2) is 8.11. The highest BCUT2D eigenvalue weighted by molar-refractivity contribution is 6.36. The maximum absolute atomic E-state index is 11.6. The van der Waals surface area contributed by atoms with Gasteiger partial charge in [0.15, 0.2) is 5.71 Å². The molecule has 1 saturated carbocycles. The smallest absolute Gasteiger partial charge is 0.356 e. The van der Waals surface area contributed by atoms with Gasteiger partial charge in [-0.2, -0.15) is 0 Å². The third-order valence-corrected chi connectivity index (χ3v) is 3.45. The number of esters is 1. The van der Waals surface area contributed by atoms with E-state index in [0.29, 0.717) is 6.42 Å². The molecule has 1 aliphatic carbocycles. The minimum Gasteiger partial charge on any atom is -0.458 e. The fraction of sp³-hybridized carbons (Fsp3) is 0.857. The summed E-state index contributed by atoms with van der Waals surface area (Å²) >= 11 is 0. The number of carbonyl (C=O) groups excluding carboxylic acids is 1. The van der Waals surface area contributed by atoms with Gasteiger partial charge in [0.1, 0.15) is 0 Å². The molecule has 0 unspecified atom stereocenters. The first-order chi connectivity index (χ1) is 8.63. The Labute approximate surface area is 109 Å². The number of rotatable bonds is 6. The summed E-state index contributed by atoms with van der Waals surface area (Å²) in [7, 11) is 0. The summed E-state index contributed by atoms with van der Waals surface area (Å²) in [5.74, 6) is 0.302. The van der Waals surface area contributed by atoms with Gasteiger partial charge in [0, 0.05) is 6.42 Å². The zero-order valence-electron chi connectivity index (χ0n) is 11.5. The van der Waals surface area contributed by atoms with E-state index in [9.17, 15) is 4.79 Å². The van der Waals surface area contributed by atoms with Crippen LogP contribution in [0.4, 0.5) is 0 Å². The second-order valence-electron chi connectivity index (χ2n) is 5.40. The van der Waals surface area contributed by atoms with Gasteiger partial charge in [-0.1, -0.05) is 43.7 Å². The van der Waals surface area contributed by atoms with Gasteiger partial charge in [0.2, 0.25) is 0 Å². The Morgan fingerprint density at radius 1 is 1.33 bits per heavy atom. The van der Waals surface area contributed by atoms with Crippen LogP contribution >= 0.6 is 0 Å². The molecule has 4 nitrogen and oxygen atoms in total. The molecular weight excluding hydrogens is 230 g/mol. The Morgan fingerprint density at radius 2 is 2.00 bits per heavy atom. The van der Waals surface area contributed by atoms with Crippen LogP contribution in [0.1, 0.15) is 65.2 Å². The van der Waals surface area contributed by atoms with Crippen LogP contribution in [-0.2, 0) is 9.53 Å². The van der Waals surface area contributed by atoms with Crippen molar-refractivity contribution in [3.8, 4) is 0 Å². The molecule has 0 bridgehead atoms. The second-order valence-corrected chi connectivity index (χ2v) is 5.40. The topological polar surface area (TPSA) is 58.9 Å². The lowest BCUT2D eigenvalue weighted by atomic mass is 9.85. The van der Waals surface area contributed by atoms with Crippen LogP contribution in [0.5, 0.6) is 0 Å². The van der Waals surface area contributed by atoms with Crippen molar-refractivity contribution in [2.45, 2.75) is 71.3 Å². The number of nitrogens with zero attached hydrogens (tertiary/aromatic N) is 1. The molecule has 0 saturated heterocycles. The molecule has 0 spiro atoms. The average molecular weight is 255 g/mol. The van der Waals surface area contributed by atoms with E-state index in [1.807, 2.05) is 0 Å². The lowest BCUT2D eigenvalue weighted by Gasteiger charge is -2.21. The summed E-state index contributed by atoms with van der Waals surface area (Å²) in [4.78, 5) is 11.6. The third kappa shape index (κ3) is 5.52. The van der Waals surface area contributed by atoms with Crippen molar-refractivity contribution < 1.29 is 14.7 Å². The summed E-state index contributed by atoms with van der Waals surface area (Å²) in [6, 6.07) is 0. The van der Waals surface area contributed by atoms with E-state index in [0.717, 1.165) is 18.8 Å². The van der Waals surface area contributed by atoms with Gasteiger partial charge in [-0.25, -0.2) is 4.79 Å². The van der Waals surface area contributed by atoms with E-state index in [1.165, 1.54) is 32.1 Å². The Hall–Kier alpha value is -1.06. The van der Waals surface area contributed by atoms with Crippen LogP contribution in [-0.4, -0.2) is 23.0 Å². The van der Waals surface area contributed by atoms with Crippen LogP contribution in [0, 0.1) is 5.92 Å². The molecule has 1 rings (SSSR count). The fourth-order valence-electron chi connectivity index (χ4n) is 2.51. The van der Waals surface area contributed by atoms with Gasteiger partial charge < -0.3 is 9.94 Å². The fourth-order valence-corrected chi connectivity index (χ4v) is 2.51. The first-order valence-corrected chi connectivity index (χ1v) is 7.05. The summed E-state index contributed by atoms with van der Waals surface area (Å²) in [5.41, 5.74) is 0.152. The van der Waals surface area contributed by atoms with E-state index in [1.54, 1.807) is 13.8 Å². The standard InChI is InChI=1S/C14H25NO3/c1-11(2)18-14(16)13(15-17)10-6-9-12-7-4-3-5-8-12/h11-12,17H,3-10H2,1-2H3. The SMILES string of the molecule is CC(C)OC(=O)C(CCCC1CCCCC1)=NO. The molecule has 0 aromatic heterocycles. The quantitative estimate of drug-likeness (QED) is 0.342. The van der Waals surface area contributed by atoms with Crippen LogP contribution in [0.25, 0.3) is 0 Å². The third-order valence-electron chi connectivity index (χ3n) is 3.45. The molecular formula is C14H25NO3. The van der Waals surface area contributed by atoms with Crippen molar-refractivity contribution in [3.05, 3.63) is 0 Å². The monoisotopic (exact) mass is 255 g/mol. The van der Waals surface area contributed by atoms with Crippen molar-refractivity contribution in [1.82, 2.24) is 0 Å². The molecule has 18 heavy (non-hydrogen) atoms. The van der Waals surface area contributed by atoms with Crippen LogP contribution in [0.15, 0.2) is 5.16 Å². The van der Waals surface area contributed by atoms with Crippen molar-refractivity contribution >= 4 is 11.7 Å². The van der Waals surface area contributed by atoms with Gasteiger partial charge >= 0.3 is 5.97 Å². The Bertz CT molecular complexity index is 281. The van der Waals surface area contributed by atoms with Crippen molar-refractivity contribution in [1.29, 1.82) is 0 Å². The molecule has 104 valence electrons. The Kier molecular flexibility index (Phi) is 6.76. The Morgan fingerprint density at radius 3 is 2.56 bits per heavy atom. The van der Waals surface area contributed by atoms with Crippen LogP contribution in [0.3, 0.4) is 0 Å². The average Bonchev–Trinajstić information content (AvgIpc) is 2.35. The molecule has 1 fully saturated rings. The van der Waals surface area contributed by atoms with Crippen molar-refractivity contribution in [2.24, 2.45) is 11.1 Å². The number of carbonyl (C=O) groups is 1. The lowest BCUT2D eigenvalue weighted by Crippen LogP contribution is -2.21.